The van der Waals surface area contributed by atoms with Crippen LogP contribution in [0, 0.1) is 0 Å². The molecule has 0 radical (unpaired) electrons. The standard InChI is InChI=1S/C12H16O4.C6H13N/c1-4-9(12(13)14)8-5-6-10(15-2)11(7-8)16-3;7-6-4-2-1-3-5-6/h5-7,9H,4H2,1-3H3,(H,13,14);6H,1-5,7H2. The second-order valence-corrected chi connectivity index (χ2v) is 5.81. The Hall–Kier alpha value is -1.75. The normalized spacial score (nSPS) is 16.0. The van der Waals surface area contributed by atoms with Crippen molar-refractivity contribution >= 4 is 5.97 Å². The largest absolute Gasteiger partial charge is 0.493 e. The molecule has 1 unspecified atom stereocenters. The molecule has 0 saturated heterocycles. The van der Waals surface area contributed by atoms with E-state index >= 15 is 0 Å². The first kappa shape index (κ1) is 19.3. The first-order valence-corrected chi connectivity index (χ1v) is 8.23. The average molecular weight is 323 g/mol. The van der Waals surface area contributed by atoms with Crippen LogP contribution in [-0.4, -0.2) is 31.3 Å². The maximum absolute atomic E-state index is 11.0. The number of carbonyl (C=O) groups is 1. The number of nitrogens with two attached hydrogens (primary N) is 1. The number of benzene rings is 1. The molecule has 5 nitrogen and oxygen atoms in total. The molecule has 1 saturated carbocycles. The van der Waals surface area contributed by atoms with Crippen LogP contribution in [0.4, 0.5) is 0 Å². The number of carboxylic acids is 1. The van der Waals surface area contributed by atoms with Gasteiger partial charge in [-0.15, -0.1) is 0 Å². The molecule has 0 heterocycles. The van der Waals surface area contributed by atoms with Gasteiger partial charge in [0.2, 0.25) is 0 Å². The highest BCUT2D eigenvalue weighted by atomic mass is 16.5. The molecule has 1 atom stereocenters. The highest BCUT2D eigenvalue weighted by Gasteiger charge is 2.19. The third kappa shape index (κ3) is 6.10. The summed E-state index contributed by atoms with van der Waals surface area (Å²) in [6.45, 7) is 1.84. The topological polar surface area (TPSA) is 81.8 Å². The summed E-state index contributed by atoms with van der Waals surface area (Å²) in [5.41, 5.74) is 6.36. The number of ether oxygens (including phenoxy) is 2. The zero-order valence-corrected chi connectivity index (χ0v) is 14.4. The summed E-state index contributed by atoms with van der Waals surface area (Å²) in [6, 6.07) is 5.72. The van der Waals surface area contributed by atoms with Crippen LogP contribution >= 0.6 is 0 Å². The molecular formula is C18H29NO4. The van der Waals surface area contributed by atoms with Gasteiger partial charge in [-0.2, -0.15) is 0 Å². The smallest absolute Gasteiger partial charge is 0.310 e. The number of carboxylic acid groups (broad SMARTS) is 1. The predicted molar refractivity (Wildman–Crippen MR) is 91.3 cm³/mol. The molecule has 0 amide bonds. The molecule has 1 aliphatic rings. The Balaban J connectivity index is 0.000000313. The highest BCUT2D eigenvalue weighted by Crippen LogP contribution is 2.31. The van der Waals surface area contributed by atoms with Crippen molar-refractivity contribution in [1.29, 1.82) is 0 Å². The predicted octanol–water partition coefficient (Wildman–Crippen LogP) is 3.56. The Kier molecular flexibility index (Phi) is 8.48. The van der Waals surface area contributed by atoms with E-state index in [0.29, 0.717) is 24.0 Å². The summed E-state index contributed by atoms with van der Waals surface area (Å²) in [4.78, 5) is 11.0. The number of methoxy groups -OCH3 is 2. The Labute approximate surface area is 138 Å². The molecule has 1 aromatic rings. The van der Waals surface area contributed by atoms with Gasteiger partial charge in [-0.1, -0.05) is 32.3 Å². The minimum atomic E-state index is -0.824. The van der Waals surface area contributed by atoms with Gasteiger partial charge in [0.1, 0.15) is 0 Å². The summed E-state index contributed by atoms with van der Waals surface area (Å²) in [7, 11) is 3.08. The molecular weight excluding hydrogens is 294 g/mol. The third-order valence-electron chi connectivity index (χ3n) is 4.17. The second kappa shape index (κ2) is 10.1. The van der Waals surface area contributed by atoms with E-state index in [2.05, 4.69) is 0 Å². The Morgan fingerprint density at radius 2 is 1.83 bits per heavy atom. The summed E-state index contributed by atoms with van der Waals surface area (Å²) in [6.07, 6.45) is 7.21. The van der Waals surface area contributed by atoms with E-state index in [1.165, 1.54) is 39.2 Å². The monoisotopic (exact) mass is 323 g/mol. The summed E-state index contributed by atoms with van der Waals surface area (Å²) < 4.78 is 10.2. The molecule has 0 aromatic heterocycles. The molecule has 130 valence electrons. The van der Waals surface area contributed by atoms with Gasteiger partial charge in [0.25, 0.3) is 0 Å². The molecule has 2 rings (SSSR count). The van der Waals surface area contributed by atoms with Crippen LogP contribution in [0.25, 0.3) is 0 Å². The third-order valence-corrected chi connectivity index (χ3v) is 4.17. The zero-order valence-electron chi connectivity index (χ0n) is 14.4. The summed E-state index contributed by atoms with van der Waals surface area (Å²) in [5.74, 6) is -0.166. The molecule has 0 spiro atoms. The molecule has 1 aromatic carbocycles. The highest BCUT2D eigenvalue weighted by molar-refractivity contribution is 5.76. The van der Waals surface area contributed by atoms with Crippen molar-refractivity contribution in [1.82, 2.24) is 0 Å². The van der Waals surface area contributed by atoms with Crippen molar-refractivity contribution in [3.8, 4) is 11.5 Å². The maximum Gasteiger partial charge on any atom is 0.310 e. The number of rotatable bonds is 5. The lowest BCUT2D eigenvalue weighted by atomic mass is 9.96. The first-order chi connectivity index (χ1) is 11.0. The van der Waals surface area contributed by atoms with Crippen molar-refractivity contribution in [2.75, 3.05) is 14.2 Å². The fourth-order valence-electron chi connectivity index (χ4n) is 2.76. The van der Waals surface area contributed by atoms with Gasteiger partial charge < -0.3 is 20.3 Å². The molecule has 23 heavy (non-hydrogen) atoms. The van der Waals surface area contributed by atoms with E-state index in [1.807, 2.05) is 6.92 Å². The lowest BCUT2D eigenvalue weighted by Crippen LogP contribution is -2.22. The number of hydrogen-bond acceptors (Lipinski definition) is 4. The van der Waals surface area contributed by atoms with Crippen molar-refractivity contribution in [2.24, 2.45) is 5.73 Å². The van der Waals surface area contributed by atoms with E-state index in [-0.39, 0.29) is 0 Å². The van der Waals surface area contributed by atoms with E-state index in [0.717, 1.165) is 5.56 Å². The van der Waals surface area contributed by atoms with Crippen LogP contribution < -0.4 is 15.2 Å². The Morgan fingerprint density at radius 3 is 2.22 bits per heavy atom. The fraction of sp³-hybridized carbons (Fsp3) is 0.611. The molecule has 1 aliphatic carbocycles. The van der Waals surface area contributed by atoms with E-state index < -0.39 is 11.9 Å². The average Bonchev–Trinajstić information content (AvgIpc) is 2.56. The lowest BCUT2D eigenvalue weighted by Gasteiger charge is -2.15. The van der Waals surface area contributed by atoms with E-state index in [1.54, 1.807) is 25.3 Å². The van der Waals surface area contributed by atoms with Gasteiger partial charge in [-0.3, -0.25) is 4.79 Å². The molecule has 5 heteroatoms. The molecule has 0 bridgehead atoms. The minimum absolute atomic E-state index is 0.500. The van der Waals surface area contributed by atoms with Crippen LogP contribution in [-0.2, 0) is 4.79 Å². The number of hydrogen-bond donors (Lipinski definition) is 2. The van der Waals surface area contributed by atoms with E-state index in [9.17, 15) is 4.79 Å². The van der Waals surface area contributed by atoms with Crippen molar-refractivity contribution < 1.29 is 19.4 Å². The van der Waals surface area contributed by atoms with Gasteiger partial charge in [0.05, 0.1) is 20.1 Å². The van der Waals surface area contributed by atoms with Gasteiger partial charge in [-0.05, 0) is 37.0 Å². The van der Waals surface area contributed by atoms with Crippen LogP contribution in [0.3, 0.4) is 0 Å². The number of aliphatic carboxylic acids is 1. The minimum Gasteiger partial charge on any atom is -0.493 e. The van der Waals surface area contributed by atoms with Crippen LogP contribution in [0.5, 0.6) is 11.5 Å². The Bertz CT molecular complexity index is 484. The summed E-state index contributed by atoms with van der Waals surface area (Å²) in [5, 5.41) is 9.04. The van der Waals surface area contributed by atoms with Gasteiger partial charge in [0.15, 0.2) is 11.5 Å². The van der Waals surface area contributed by atoms with Gasteiger partial charge in [-0.25, -0.2) is 0 Å². The zero-order chi connectivity index (χ0) is 17.2. The van der Waals surface area contributed by atoms with Crippen molar-refractivity contribution in [2.45, 2.75) is 57.4 Å². The summed E-state index contributed by atoms with van der Waals surface area (Å²) >= 11 is 0. The van der Waals surface area contributed by atoms with Crippen LogP contribution in [0.2, 0.25) is 0 Å². The van der Waals surface area contributed by atoms with Crippen molar-refractivity contribution in [3.63, 3.8) is 0 Å². The molecule has 3 N–H and O–H groups in total. The Morgan fingerprint density at radius 1 is 1.22 bits per heavy atom. The molecule has 1 fully saturated rings. The van der Waals surface area contributed by atoms with Gasteiger partial charge >= 0.3 is 5.97 Å². The van der Waals surface area contributed by atoms with Crippen LogP contribution in [0.1, 0.15) is 56.9 Å². The van der Waals surface area contributed by atoms with Gasteiger partial charge in [0, 0.05) is 6.04 Å². The van der Waals surface area contributed by atoms with Crippen LogP contribution in [0.15, 0.2) is 18.2 Å². The fourth-order valence-corrected chi connectivity index (χ4v) is 2.76. The molecule has 0 aliphatic heterocycles. The van der Waals surface area contributed by atoms with E-state index in [4.69, 9.17) is 20.3 Å². The second-order valence-electron chi connectivity index (χ2n) is 5.81. The SMILES string of the molecule is CCC(C(=O)O)c1ccc(OC)c(OC)c1.NC1CCCCC1. The lowest BCUT2D eigenvalue weighted by molar-refractivity contribution is -0.138. The quantitative estimate of drug-likeness (QED) is 0.866. The maximum atomic E-state index is 11.0. The first-order valence-electron chi connectivity index (χ1n) is 8.23. The van der Waals surface area contributed by atoms with Crippen molar-refractivity contribution in [3.05, 3.63) is 23.8 Å².